The first-order valence-corrected chi connectivity index (χ1v) is 5.97. The van der Waals surface area contributed by atoms with E-state index in [0.29, 0.717) is 5.92 Å². The minimum Gasteiger partial charge on any atom is -0.389 e. The largest absolute Gasteiger partial charge is 0.389 e. The molecule has 2 nitrogen and oxygen atoms in total. The molecule has 2 rings (SSSR count). The molecule has 80 valence electrons. The lowest BCUT2D eigenvalue weighted by Crippen LogP contribution is -2.28. The Kier molecular flexibility index (Phi) is 2.80. The Hall–Kier alpha value is -0.530. The van der Waals surface area contributed by atoms with Crippen LogP contribution in [0.2, 0.25) is 0 Å². The Bertz CT molecular complexity index is 224. The molecule has 1 aliphatic carbocycles. The van der Waals surface area contributed by atoms with E-state index >= 15 is 0 Å². The molecule has 2 aliphatic rings. The molecule has 1 fully saturated rings. The van der Waals surface area contributed by atoms with Gasteiger partial charge in [0.1, 0.15) is 5.60 Å². The maximum atomic E-state index is 5.72. The van der Waals surface area contributed by atoms with Gasteiger partial charge in [-0.1, -0.05) is 31.8 Å². The number of hydrogen-bond donors (Lipinski definition) is 0. The molecule has 0 bridgehead atoms. The first-order chi connectivity index (χ1) is 6.72. The van der Waals surface area contributed by atoms with Crippen LogP contribution in [0.15, 0.2) is 5.16 Å². The van der Waals surface area contributed by atoms with Crippen LogP contribution in [0.5, 0.6) is 0 Å². The summed E-state index contributed by atoms with van der Waals surface area (Å²) in [5.74, 6) is 0.553. The van der Waals surface area contributed by atoms with Crippen LogP contribution in [-0.4, -0.2) is 11.3 Å². The predicted octanol–water partition coefficient (Wildman–Crippen LogP) is 3.51. The fourth-order valence-electron chi connectivity index (χ4n) is 2.50. The van der Waals surface area contributed by atoms with Crippen molar-refractivity contribution in [2.45, 2.75) is 64.4 Å². The molecule has 1 aliphatic heterocycles. The van der Waals surface area contributed by atoms with Crippen molar-refractivity contribution in [1.29, 1.82) is 0 Å². The third-order valence-corrected chi connectivity index (χ3v) is 3.54. The van der Waals surface area contributed by atoms with Crippen molar-refractivity contribution in [3.8, 4) is 0 Å². The Labute approximate surface area is 86.7 Å². The summed E-state index contributed by atoms with van der Waals surface area (Å²) in [4.78, 5) is 5.72. The molecule has 1 saturated carbocycles. The fraction of sp³-hybridized carbons (Fsp3) is 0.917. The first kappa shape index (κ1) is 10.0. The van der Waals surface area contributed by atoms with E-state index in [-0.39, 0.29) is 5.60 Å². The summed E-state index contributed by atoms with van der Waals surface area (Å²) in [7, 11) is 0. The van der Waals surface area contributed by atoms with Crippen LogP contribution in [-0.2, 0) is 4.84 Å². The van der Waals surface area contributed by atoms with E-state index < -0.39 is 0 Å². The van der Waals surface area contributed by atoms with Gasteiger partial charge in [-0.2, -0.15) is 0 Å². The highest BCUT2D eigenvalue weighted by Gasteiger charge is 2.39. The monoisotopic (exact) mass is 195 g/mol. The van der Waals surface area contributed by atoms with Crippen molar-refractivity contribution in [3.63, 3.8) is 0 Å². The minimum atomic E-state index is 0.107. The summed E-state index contributed by atoms with van der Waals surface area (Å²) in [5, 5.41) is 4.27. The lowest BCUT2D eigenvalue weighted by Gasteiger charge is -2.24. The average Bonchev–Trinajstić information content (AvgIpc) is 2.41. The normalized spacial score (nSPS) is 26.1. The molecule has 0 aromatic heterocycles. The van der Waals surface area contributed by atoms with Crippen LogP contribution in [0.25, 0.3) is 0 Å². The van der Waals surface area contributed by atoms with Crippen LogP contribution < -0.4 is 0 Å². The molecule has 1 spiro atoms. The highest BCUT2D eigenvalue weighted by molar-refractivity contribution is 5.87. The second-order valence-electron chi connectivity index (χ2n) is 5.10. The Morgan fingerprint density at radius 3 is 2.29 bits per heavy atom. The molecule has 0 amide bonds. The predicted molar refractivity (Wildman–Crippen MR) is 58.4 cm³/mol. The standard InChI is InChI=1S/C12H21NO/c1-10(2)11-9-12(14-13-11)7-5-3-4-6-8-12/h10H,3-9H2,1-2H3. The molecule has 0 N–H and O–H groups in total. The molecular weight excluding hydrogens is 174 g/mol. The van der Waals surface area contributed by atoms with E-state index in [4.69, 9.17) is 4.84 Å². The van der Waals surface area contributed by atoms with Gasteiger partial charge in [-0.15, -0.1) is 0 Å². The number of rotatable bonds is 1. The smallest absolute Gasteiger partial charge is 0.143 e. The van der Waals surface area contributed by atoms with Gasteiger partial charge in [-0.3, -0.25) is 0 Å². The average molecular weight is 195 g/mol. The van der Waals surface area contributed by atoms with Gasteiger partial charge in [0.05, 0.1) is 5.71 Å². The van der Waals surface area contributed by atoms with Crippen LogP contribution in [0.4, 0.5) is 0 Å². The number of nitrogens with zero attached hydrogens (tertiary/aromatic N) is 1. The summed E-state index contributed by atoms with van der Waals surface area (Å²) < 4.78 is 0. The lowest BCUT2D eigenvalue weighted by molar-refractivity contribution is -0.0298. The van der Waals surface area contributed by atoms with Crippen molar-refractivity contribution in [1.82, 2.24) is 0 Å². The van der Waals surface area contributed by atoms with Crippen LogP contribution in [0.1, 0.15) is 58.8 Å². The van der Waals surface area contributed by atoms with Crippen LogP contribution in [0, 0.1) is 5.92 Å². The summed E-state index contributed by atoms with van der Waals surface area (Å²) in [6, 6.07) is 0. The van der Waals surface area contributed by atoms with E-state index in [1.807, 2.05) is 0 Å². The van der Waals surface area contributed by atoms with Crippen molar-refractivity contribution >= 4 is 5.71 Å². The zero-order valence-corrected chi connectivity index (χ0v) is 9.38. The van der Waals surface area contributed by atoms with E-state index in [0.717, 1.165) is 6.42 Å². The lowest BCUT2D eigenvalue weighted by atomic mass is 9.87. The summed E-state index contributed by atoms with van der Waals surface area (Å²) >= 11 is 0. The summed E-state index contributed by atoms with van der Waals surface area (Å²) in [6.07, 6.45) is 8.91. The molecule has 2 heteroatoms. The zero-order valence-electron chi connectivity index (χ0n) is 9.38. The second kappa shape index (κ2) is 3.92. The molecule has 0 aromatic rings. The Morgan fingerprint density at radius 1 is 1.14 bits per heavy atom. The van der Waals surface area contributed by atoms with Gasteiger partial charge < -0.3 is 4.84 Å². The summed E-state index contributed by atoms with van der Waals surface area (Å²) in [5.41, 5.74) is 1.38. The van der Waals surface area contributed by atoms with Crippen molar-refractivity contribution in [2.24, 2.45) is 11.1 Å². The Morgan fingerprint density at radius 2 is 1.79 bits per heavy atom. The molecule has 14 heavy (non-hydrogen) atoms. The maximum absolute atomic E-state index is 5.72. The topological polar surface area (TPSA) is 21.6 Å². The SMILES string of the molecule is CC(C)C1=NOC2(CCCCCC2)C1. The molecule has 1 heterocycles. The van der Waals surface area contributed by atoms with Gasteiger partial charge in [-0.05, 0) is 31.6 Å². The molecule has 0 saturated heterocycles. The minimum absolute atomic E-state index is 0.107. The van der Waals surface area contributed by atoms with Gasteiger partial charge in [0, 0.05) is 6.42 Å². The van der Waals surface area contributed by atoms with Crippen molar-refractivity contribution in [2.75, 3.05) is 0 Å². The van der Waals surface area contributed by atoms with Gasteiger partial charge in [0.25, 0.3) is 0 Å². The highest BCUT2D eigenvalue weighted by Crippen LogP contribution is 2.38. The van der Waals surface area contributed by atoms with E-state index in [2.05, 4.69) is 19.0 Å². The van der Waals surface area contributed by atoms with Crippen molar-refractivity contribution in [3.05, 3.63) is 0 Å². The van der Waals surface area contributed by atoms with Gasteiger partial charge in [0.2, 0.25) is 0 Å². The molecule has 0 aromatic carbocycles. The first-order valence-electron chi connectivity index (χ1n) is 5.97. The van der Waals surface area contributed by atoms with Crippen LogP contribution >= 0.6 is 0 Å². The van der Waals surface area contributed by atoms with E-state index in [9.17, 15) is 0 Å². The van der Waals surface area contributed by atoms with Crippen LogP contribution in [0.3, 0.4) is 0 Å². The Balaban J connectivity index is 1.99. The quantitative estimate of drug-likeness (QED) is 0.627. The van der Waals surface area contributed by atoms with Gasteiger partial charge >= 0.3 is 0 Å². The molecule has 0 unspecified atom stereocenters. The third-order valence-electron chi connectivity index (χ3n) is 3.54. The molecule has 0 atom stereocenters. The van der Waals surface area contributed by atoms with E-state index in [1.165, 1.54) is 44.2 Å². The summed E-state index contributed by atoms with van der Waals surface area (Å²) in [6.45, 7) is 4.41. The second-order valence-corrected chi connectivity index (χ2v) is 5.10. The zero-order chi connectivity index (χ0) is 10.0. The van der Waals surface area contributed by atoms with Gasteiger partial charge in [-0.25, -0.2) is 0 Å². The van der Waals surface area contributed by atoms with Gasteiger partial charge in [0.15, 0.2) is 0 Å². The molecular formula is C12H21NO. The van der Waals surface area contributed by atoms with E-state index in [1.54, 1.807) is 0 Å². The number of hydrogen-bond acceptors (Lipinski definition) is 2. The fourth-order valence-corrected chi connectivity index (χ4v) is 2.50. The molecule has 0 radical (unpaired) electrons. The maximum Gasteiger partial charge on any atom is 0.143 e. The van der Waals surface area contributed by atoms with Crippen molar-refractivity contribution < 1.29 is 4.84 Å². The number of oxime groups is 1. The third kappa shape index (κ3) is 1.94. The highest BCUT2D eigenvalue weighted by atomic mass is 16.7.